The molecule has 0 radical (unpaired) electrons. The number of benzene rings is 1. The third-order valence-corrected chi connectivity index (χ3v) is 1.92. The fourth-order valence-corrected chi connectivity index (χ4v) is 1.19. The van der Waals surface area contributed by atoms with Gasteiger partial charge in [0, 0.05) is 0 Å². The molecular weight excluding hydrogens is 240 g/mol. The molecule has 0 aliphatic carbocycles. The van der Waals surface area contributed by atoms with Gasteiger partial charge in [-0.1, -0.05) is 11.6 Å². The molecule has 0 bridgehead atoms. The summed E-state index contributed by atoms with van der Waals surface area (Å²) in [4.78, 5) is 11.4. The van der Waals surface area contributed by atoms with Gasteiger partial charge in [0.05, 0.1) is 5.56 Å². The molecule has 0 spiro atoms. The lowest BCUT2D eigenvalue weighted by molar-refractivity contribution is -0.170. The number of ether oxygens (including phenoxy) is 1. The molecule has 94 valence electrons. The monoisotopic (exact) mass is 250 g/mol. The van der Waals surface area contributed by atoms with E-state index in [9.17, 15) is 22.4 Å². The standard InChI is InChI=1S/C11H10F4O2/c1-7-2-3-9(12)8(4-7)10(16)5-17-6-11(13,14)15/h2-4H,5-6H2,1H3. The Morgan fingerprint density at radius 1 is 1.35 bits per heavy atom. The van der Waals surface area contributed by atoms with Crippen LogP contribution in [-0.2, 0) is 4.74 Å². The molecule has 1 aromatic carbocycles. The Balaban J connectivity index is 2.61. The Bertz CT molecular complexity index is 412. The minimum absolute atomic E-state index is 0.257. The van der Waals surface area contributed by atoms with Crippen molar-refractivity contribution < 1.29 is 27.1 Å². The SMILES string of the molecule is Cc1ccc(F)c(C(=O)COCC(F)(F)F)c1. The van der Waals surface area contributed by atoms with Crippen LogP contribution in [-0.4, -0.2) is 25.2 Å². The van der Waals surface area contributed by atoms with Gasteiger partial charge in [-0.05, 0) is 19.1 Å². The van der Waals surface area contributed by atoms with Crippen molar-refractivity contribution in [2.24, 2.45) is 0 Å². The van der Waals surface area contributed by atoms with Gasteiger partial charge in [-0.25, -0.2) is 4.39 Å². The lowest BCUT2D eigenvalue weighted by atomic mass is 10.1. The van der Waals surface area contributed by atoms with E-state index in [1.54, 1.807) is 6.92 Å². The molecule has 6 heteroatoms. The van der Waals surface area contributed by atoms with Gasteiger partial charge < -0.3 is 4.74 Å². The van der Waals surface area contributed by atoms with E-state index < -0.39 is 31.0 Å². The van der Waals surface area contributed by atoms with Crippen molar-refractivity contribution in [3.05, 3.63) is 35.1 Å². The summed E-state index contributed by atoms with van der Waals surface area (Å²) in [6.07, 6.45) is -4.49. The first-order valence-corrected chi connectivity index (χ1v) is 4.73. The number of Topliss-reactive ketones (excluding diaryl/α,β-unsaturated/α-hetero) is 1. The van der Waals surface area contributed by atoms with Crippen LogP contribution in [0.2, 0.25) is 0 Å². The quantitative estimate of drug-likeness (QED) is 0.606. The van der Waals surface area contributed by atoms with E-state index in [1.807, 2.05) is 0 Å². The largest absolute Gasteiger partial charge is 0.411 e. The average molecular weight is 250 g/mol. The zero-order valence-corrected chi connectivity index (χ0v) is 8.97. The second-order valence-electron chi connectivity index (χ2n) is 3.51. The first-order valence-electron chi connectivity index (χ1n) is 4.73. The zero-order chi connectivity index (χ0) is 13.1. The molecule has 0 aliphatic rings. The predicted octanol–water partition coefficient (Wildman–Crippen LogP) is 2.90. The molecule has 0 heterocycles. The molecule has 0 N–H and O–H groups in total. The molecular formula is C11H10F4O2. The summed E-state index contributed by atoms with van der Waals surface area (Å²) in [5, 5.41) is 0. The van der Waals surface area contributed by atoms with Crippen LogP contribution in [0.1, 0.15) is 15.9 Å². The summed E-state index contributed by atoms with van der Waals surface area (Å²) in [6, 6.07) is 3.82. The normalized spacial score (nSPS) is 11.6. The van der Waals surface area contributed by atoms with Gasteiger partial charge in [0.25, 0.3) is 0 Å². The van der Waals surface area contributed by atoms with Crippen LogP contribution in [0.3, 0.4) is 0 Å². The molecule has 17 heavy (non-hydrogen) atoms. The number of carbonyl (C=O) groups is 1. The summed E-state index contributed by atoms with van der Waals surface area (Å²) in [7, 11) is 0. The third kappa shape index (κ3) is 4.52. The van der Waals surface area contributed by atoms with Gasteiger partial charge >= 0.3 is 6.18 Å². The number of aryl methyl sites for hydroxylation is 1. The van der Waals surface area contributed by atoms with E-state index in [1.165, 1.54) is 12.1 Å². The lowest BCUT2D eigenvalue weighted by Crippen LogP contribution is -2.21. The van der Waals surface area contributed by atoms with Crippen LogP contribution in [0.25, 0.3) is 0 Å². The Morgan fingerprint density at radius 2 is 2.00 bits per heavy atom. The summed E-state index contributed by atoms with van der Waals surface area (Å²) >= 11 is 0. The number of carbonyl (C=O) groups excluding carboxylic acids is 1. The van der Waals surface area contributed by atoms with Crippen molar-refractivity contribution in [2.45, 2.75) is 13.1 Å². The molecule has 1 aromatic rings. The van der Waals surface area contributed by atoms with Crippen molar-refractivity contribution in [1.29, 1.82) is 0 Å². The fraction of sp³-hybridized carbons (Fsp3) is 0.364. The van der Waals surface area contributed by atoms with E-state index in [2.05, 4.69) is 4.74 Å². The number of hydrogen-bond donors (Lipinski definition) is 0. The van der Waals surface area contributed by atoms with Gasteiger partial charge in [0.2, 0.25) is 0 Å². The molecule has 0 amide bonds. The van der Waals surface area contributed by atoms with Crippen LogP contribution in [0, 0.1) is 12.7 Å². The first-order chi connectivity index (χ1) is 7.79. The van der Waals surface area contributed by atoms with E-state index in [0.29, 0.717) is 5.56 Å². The highest BCUT2D eigenvalue weighted by Gasteiger charge is 2.28. The van der Waals surface area contributed by atoms with Crippen LogP contribution in [0.15, 0.2) is 18.2 Å². The molecule has 0 fully saturated rings. The van der Waals surface area contributed by atoms with Gasteiger partial charge in [0.1, 0.15) is 19.0 Å². The van der Waals surface area contributed by atoms with Gasteiger partial charge in [0.15, 0.2) is 5.78 Å². The summed E-state index contributed by atoms with van der Waals surface area (Å²) in [5.41, 5.74) is 0.387. The Kier molecular flexibility index (Phi) is 4.22. The second-order valence-corrected chi connectivity index (χ2v) is 3.51. The van der Waals surface area contributed by atoms with Crippen LogP contribution in [0.5, 0.6) is 0 Å². The summed E-state index contributed by atoms with van der Waals surface area (Å²) in [5.74, 6) is -1.58. The minimum Gasteiger partial charge on any atom is -0.364 e. The maximum Gasteiger partial charge on any atom is 0.411 e. The van der Waals surface area contributed by atoms with Crippen LogP contribution >= 0.6 is 0 Å². The average Bonchev–Trinajstić information content (AvgIpc) is 2.19. The Hall–Kier alpha value is -1.43. The van der Waals surface area contributed by atoms with E-state index in [4.69, 9.17) is 0 Å². The Morgan fingerprint density at radius 3 is 2.59 bits per heavy atom. The second kappa shape index (κ2) is 5.27. The molecule has 0 unspecified atom stereocenters. The van der Waals surface area contributed by atoms with Gasteiger partial charge in [-0.15, -0.1) is 0 Å². The predicted molar refractivity (Wildman–Crippen MR) is 52.3 cm³/mol. The topological polar surface area (TPSA) is 26.3 Å². The Labute approximate surface area is 95.2 Å². The van der Waals surface area contributed by atoms with E-state index in [0.717, 1.165) is 6.07 Å². The number of rotatable bonds is 4. The molecule has 1 rings (SSSR count). The highest BCUT2D eigenvalue weighted by Crippen LogP contribution is 2.15. The van der Waals surface area contributed by atoms with E-state index >= 15 is 0 Å². The molecule has 0 atom stereocenters. The smallest absolute Gasteiger partial charge is 0.364 e. The van der Waals surface area contributed by atoms with Crippen molar-refractivity contribution in [3.8, 4) is 0 Å². The van der Waals surface area contributed by atoms with Crippen molar-refractivity contribution in [3.63, 3.8) is 0 Å². The highest BCUT2D eigenvalue weighted by atomic mass is 19.4. The molecule has 0 aliphatic heterocycles. The highest BCUT2D eigenvalue weighted by molar-refractivity contribution is 5.97. The van der Waals surface area contributed by atoms with Gasteiger partial charge in [-0.3, -0.25) is 4.79 Å². The number of hydrogen-bond acceptors (Lipinski definition) is 2. The number of halogens is 4. The summed E-state index contributed by atoms with van der Waals surface area (Å²) in [6.45, 7) is -0.668. The van der Waals surface area contributed by atoms with Crippen LogP contribution < -0.4 is 0 Å². The maximum atomic E-state index is 13.2. The lowest BCUT2D eigenvalue weighted by Gasteiger charge is -2.07. The molecule has 2 nitrogen and oxygen atoms in total. The third-order valence-electron chi connectivity index (χ3n) is 1.92. The van der Waals surface area contributed by atoms with Crippen LogP contribution in [0.4, 0.5) is 17.6 Å². The molecule has 0 saturated heterocycles. The van der Waals surface area contributed by atoms with Gasteiger partial charge in [-0.2, -0.15) is 13.2 Å². The summed E-state index contributed by atoms with van der Waals surface area (Å²) < 4.78 is 52.6. The molecule has 0 saturated carbocycles. The maximum absolute atomic E-state index is 13.2. The van der Waals surface area contributed by atoms with Crippen molar-refractivity contribution in [2.75, 3.05) is 13.2 Å². The van der Waals surface area contributed by atoms with Crippen molar-refractivity contribution in [1.82, 2.24) is 0 Å². The van der Waals surface area contributed by atoms with Crippen molar-refractivity contribution >= 4 is 5.78 Å². The first kappa shape index (κ1) is 13.6. The fourth-order valence-electron chi connectivity index (χ4n) is 1.19. The number of ketones is 1. The number of alkyl halides is 3. The van der Waals surface area contributed by atoms with E-state index in [-0.39, 0.29) is 5.56 Å². The minimum atomic E-state index is -4.49. The molecule has 0 aromatic heterocycles. The zero-order valence-electron chi connectivity index (χ0n) is 8.97.